The van der Waals surface area contributed by atoms with Gasteiger partial charge >= 0.3 is 0 Å². The number of rotatable bonds is 7. The lowest BCUT2D eigenvalue weighted by atomic mass is 9.98. The second-order valence-electron chi connectivity index (χ2n) is 6.09. The summed E-state index contributed by atoms with van der Waals surface area (Å²) in [5.74, 6) is 0. The maximum absolute atomic E-state index is 6.11. The Hall–Kier alpha value is -2.58. The van der Waals surface area contributed by atoms with Crippen molar-refractivity contribution in [1.29, 1.82) is 0 Å². The van der Waals surface area contributed by atoms with E-state index < -0.39 is 0 Å². The molecule has 0 aliphatic heterocycles. The van der Waals surface area contributed by atoms with Gasteiger partial charge in [-0.15, -0.1) is 0 Å². The summed E-state index contributed by atoms with van der Waals surface area (Å²) in [5.41, 5.74) is 10.3. The smallest absolute Gasteiger partial charge is 0.0387 e. The van der Waals surface area contributed by atoms with Crippen LogP contribution in [0, 0.1) is 0 Å². The molecule has 0 bridgehead atoms. The first-order valence-electron chi connectivity index (χ1n) is 8.16. The molecule has 0 aromatic heterocycles. The number of benzene rings is 2. The zero-order valence-electron chi connectivity index (χ0n) is 14.5. The van der Waals surface area contributed by atoms with E-state index in [1.807, 2.05) is 54.6 Å². The van der Waals surface area contributed by atoms with E-state index in [-0.39, 0.29) is 6.04 Å². The van der Waals surface area contributed by atoms with Crippen LogP contribution < -0.4 is 5.73 Å². The largest absolute Gasteiger partial charge is 0.398 e. The summed E-state index contributed by atoms with van der Waals surface area (Å²) in [6.07, 6.45) is 6.89. The molecule has 0 aliphatic rings. The van der Waals surface area contributed by atoms with Crippen LogP contribution in [0.4, 0.5) is 0 Å². The van der Waals surface area contributed by atoms with Crippen molar-refractivity contribution in [1.82, 2.24) is 4.90 Å². The molecule has 2 aromatic carbocycles. The van der Waals surface area contributed by atoms with Crippen molar-refractivity contribution >= 4 is 5.70 Å². The predicted molar refractivity (Wildman–Crippen MR) is 105 cm³/mol. The van der Waals surface area contributed by atoms with Crippen molar-refractivity contribution in [2.24, 2.45) is 5.73 Å². The average molecular weight is 318 g/mol. The molecule has 0 aliphatic carbocycles. The third-order valence-corrected chi connectivity index (χ3v) is 4.02. The molecule has 24 heavy (non-hydrogen) atoms. The number of nitrogens with zero attached hydrogens (tertiary/aromatic N) is 1. The highest BCUT2D eigenvalue weighted by Crippen LogP contribution is 2.15. The van der Waals surface area contributed by atoms with E-state index in [2.05, 4.69) is 49.8 Å². The van der Waals surface area contributed by atoms with Gasteiger partial charge in [0.2, 0.25) is 0 Å². The Bertz CT molecular complexity index is 697. The molecule has 2 N–H and O–H groups in total. The Morgan fingerprint density at radius 3 is 2.21 bits per heavy atom. The first-order chi connectivity index (χ1) is 11.6. The minimum Gasteiger partial charge on any atom is -0.398 e. The van der Waals surface area contributed by atoms with Crippen molar-refractivity contribution in [3.63, 3.8) is 0 Å². The fraction of sp³-hybridized carbons (Fsp3) is 0.182. The molecule has 2 nitrogen and oxygen atoms in total. The van der Waals surface area contributed by atoms with E-state index in [0.29, 0.717) is 0 Å². The maximum Gasteiger partial charge on any atom is 0.0387 e. The highest BCUT2D eigenvalue weighted by Gasteiger charge is 2.13. The summed E-state index contributed by atoms with van der Waals surface area (Å²) in [5, 5.41) is 0. The third kappa shape index (κ3) is 5.25. The fourth-order valence-electron chi connectivity index (χ4n) is 2.60. The molecule has 0 saturated heterocycles. The maximum atomic E-state index is 6.11. The van der Waals surface area contributed by atoms with Crippen LogP contribution in [0.25, 0.3) is 5.70 Å². The van der Waals surface area contributed by atoms with Gasteiger partial charge in [0.1, 0.15) is 0 Å². The van der Waals surface area contributed by atoms with Gasteiger partial charge in [0, 0.05) is 11.7 Å². The van der Waals surface area contributed by atoms with Crippen LogP contribution in [-0.4, -0.2) is 25.0 Å². The van der Waals surface area contributed by atoms with Gasteiger partial charge in [-0.05, 0) is 43.3 Å². The normalized spacial score (nSPS) is 13.4. The Labute approximate surface area is 145 Å². The molecule has 2 heteroatoms. The SMILES string of the molecule is C=C(/C=C\C=C(/N)c1ccccc1)C(Cc1ccccc1)N(C)C. The standard InChI is InChI=1S/C22H26N2/c1-18(11-10-16-21(23)20-14-8-5-9-15-20)22(24(2)3)17-19-12-6-4-7-13-19/h4-16,22H,1,17,23H2,2-3H3/b11-10-,21-16-. The molecule has 0 fully saturated rings. The number of hydrogen-bond donors (Lipinski definition) is 1. The van der Waals surface area contributed by atoms with Crippen LogP contribution in [-0.2, 0) is 6.42 Å². The second kappa shape index (κ2) is 8.90. The second-order valence-corrected chi connectivity index (χ2v) is 6.09. The number of likely N-dealkylation sites (N-methyl/N-ethyl adjacent to an activating group) is 1. The van der Waals surface area contributed by atoms with Crippen LogP contribution in [0.3, 0.4) is 0 Å². The molecular formula is C22H26N2. The van der Waals surface area contributed by atoms with Crippen molar-refractivity contribution < 1.29 is 0 Å². The van der Waals surface area contributed by atoms with Crippen molar-refractivity contribution in [2.45, 2.75) is 12.5 Å². The lowest BCUT2D eigenvalue weighted by Gasteiger charge is -2.25. The van der Waals surface area contributed by atoms with E-state index >= 15 is 0 Å². The van der Waals surface area contributed by atoms with Crippen molar-refractivity contribution in [2.75, 3.05) is 14.1 Å². The average Bonchev–Trinajstić information content (AvgIpc) is 2.60. The van der Waals surface area contributed by atoms with E-state index in [1.165, 1.54) is 5.56 Å². The Morgan fingerprint density at radius 1 is 1.04 bits per heavy atom. The van der Waals surface area contributed by atoms with Crippen molar-refractivity contribution in [3.05, 3.63) is 102 Å². The Kier molecular flexibility index (Phi) is 6.59. The summed E-state index contributed by atoms with van der Waals surface area (Å²) in [7, 11) is 4.17. The van der Waals surface area contributed by atoms with Gasteiger partial charge in [-0.3, -0.25) is 0 Å². The van der Waals surface area contributed by atoms with E-state index in [4.69, 9.17) is 5.73 Å². The highest BCUT2D eigenvalue weighted by molar-refractivity contribution is 5.64. The monoisotopic (exact) mass is 318 g/mol. The third-order valence-electron chi connectivity index (χ3n) is 4.02. The molecule has 0 spiro atoms. The number of allylic oxidation sites excluding steroid dienone is 2. The van der Waals surface area contributed by atoms with Gasteiger partial charge in [0.25, 0.3) is 0 Å². The van der Waals surface area contributed by atoms with E-state index in [9.17, 15) is 0 Å². The summed E-state index contributed by atoms with van der Waals surface area (Å²) in [6.45, 7) is 4.24. The summed E-state index contributed by atoms with van der Waals surface area (Å²) in [4.78, 5) is 2.20. The Morgan fingerprint density at radius 2 is 1.62 bits per heavy atom. The molecule has 0 amide bonds. The fourth-order valence-corrected chi connectivity index (χ4v) is 2.60. The number of nitrogens with two attached hydrogens (primary N) is 1. The van der Waals surface area contributed by atoms with E-state index in [1.54, 1.807) is 0 Å². The zero-order chi connectivity index (χ0) is 17.4. The molecule has 124 valence electrons. The van der Waals surface area contributed by atoms with Gasteiger partial charge in [-0.2, -0.15) is 0 Å². The quantitative estimate of drug-likeness (QED) is 0.772. The van der Waals surface area contributed by atoms with Gasteiger partial charge in [0.15, 0.2) is 0 Å². The molecule has 2 aromatic rings. The lowest BCUT2D eigenvalue weighted by molar-refractivity contribution is 0.333. The molecule has 2 rings (SSSR count). The van der Waals surface area contributed by atoms with Gasteiger partial charge in [-0.1, -0.05) is 79.4 Å². The van der Waals surface area contributed by atoms with Gasteiger partial charge in [0.05, 0.1) is 0 Å². The molecule has 0 saturated carbocycles. The summed E-state index contributed by atoms with van der Waals surface area (Å²) in [6, 6.07) is 20.7. The van der Waals surface area contributed by atoms with Crippen LogP contribution in [0.15, 0.2) is 91.0 Å². The van der Waals surface area contributed by atoms with Gasteiger partial charge < -0.3 is 10.6 Å². The van der Waals surface area contributed by atoms with Crippen molar-refractivity contribution in [3.8, 4) is 0 Å². The lowest BCUT2D eigenvalue weighted by Crippen LogP contribution is -2.31. The van der Waals surface area contributed by atoms with Crippen LogP contribution >= 0.6 is 0 Å². The van der Waals surface area contributed by atoms with Crippen LogP contribution in [0.2, 0.25) is 0 Å². The molecule has 0 heterocycles. The zero-order valence-corrected chi connectivity index (χ0v) is 14.5. The first kappa shape index (κ1) is 17.8. The highest BCUT2D eigenvalue weighted by atomic mass is 15.1. The van der Waals surface area contributed by atoms with E-state index in [0.717, 1.165) is 23.3 Å². The van der Waals surface area contributed by atoms with Crippen LogP contribution in [0.5, 0.6) is 0 Å². The number of hydrogen-bond acceptors (Lipinski definition) is 2. The predicted octanol–water partition coefficient (Wildman–Crippen LogP) is 4.27. The topological polar surface area (TPSA) is 29.3 Å². The minimum absolute atomic E-state index is 0.259. The first-order valence-corrected chi connectivity index (χ1v) is 8.16. The van der Waals surface area contributed by atoms with Crippen LogP contribution in [0.1, 0.15) is 11.1 Å². The minimum atomic E-state index is 0.259. The van der Waals surface area contributed by atoms with Gasteiger partial charge in [-0.25, -0.2) is 0 Å². The summed E-state index contributed by atoms with van der Waals surface area (Å²) < 4.78 is 0. The Balaban J connectivity index is 2.05. The molecule has 0 radical (unpaired) electrons. The molecular weight excluding hydrogens is 292 g/mol. The molecule has 1 atom stereocenters. The molecule has 1 unspecified atom stereocenters. The summed E-state index contributed by atoms with van der Waals surface area (Å²) >= 11 is 0.